The van der Waals surface area contributed by atoms with Crippen molar-refractivity contribution >= 4 is 23.4 Å². The second kappa shape index (κ2) is 8.31. The molecule has 1 aliphatic heterocycles. The maximum atomic E-state index is 12.1. The molecular formula is C17H24ClN3O2. The zero-order valence-electron chi connectivity index (χ0n) is 13.7. The van der Waals surface area contributed by atoms with Crippen molar-refractivity contribution in [3.63, 3.8) is 0 Å². The highest BCUT2D eigenvalue weighted by Gasteiger charge is 2.20. The number of hydrogen-bond acceptors (Lipinski definition) is 3. The minimum Gasteiger partial charge on any atom is -0.347 e. The number of rotatable bonds is 5. The molecule has 0 bridgehead atoms. The zero-order chi connectivity index (χ0) is 16.8. The van der Waals surface area contributed by atoms with Crippen LogP contribution in [0.1, 0.15) is 12.5 Å². The van der Waals surface area contributed by atoms with Crippen LogP contribution in [0.5, 0.6) is 0 Å². The summed E-state index contributed by atoms with van der Waals surface area (Å²) in [6.45, 7) is 5.16. The van der Waals surface area contributed by atoms with E-state index in [1.807, 2.05) is 43.1 Å². The average molecular weight is 338 g/mol. The van der Waals surface area contributed by atoms with E-state index in [-0.39, 0.29) is 24.3 Å². The Labute approximate surface area is 142 Å². The monoisotopic (exact) mass is 337 g/mol. The molecule has 1 aliphatic rings. The molecule has 6 heteroatoms. The van der Waals surface area contributed by atoms with Crippen LogP contribution in [-0.2, 0) is 16.0 Å². The Morgan fingerprint density at radius 2 is 1.78 bits per heavy atom. The molecule has 0 aromatic heterocycles. The molecule has 0 saturated carbocycles. The third kappa shape index (κ3) is 5.52. The molecule has 23 heavy (non-hydrogen) atoms. The Kier molecular flexibility index (Phi) is 6.42. The molecule has 5 nitrogen and oxygen atoms in total. The fourth-order valence-electron chi connectivity index (χ4n) is 2.57. The van der Waals surface area contributed by atoms with E-state index >= 15 is 0 Å². The summed E-state index contributed by atoms with van der Waals surface area (Å²) in [5.41, 5.74) is 1.06. The number of carbonyl (C=O) groups excluding carboxylic acids is 2. The summed E-state index contributed by atoms with van der Waals surface area (Å²) in [6.07, 6.45) is 0.631. The van der Waals surface area contributed by atoms with Gasteiger partial charge in [0.1, 0.15) is 0 Å². The highest BCUT2D eigenvalue weighted by molar-refractivity contribution is 6.30. The van der Waals surface area contributed by atoms with Gasteiger partial charge in [0.15, 0.2) is 0 Å². The van der Waals surface area contributed by atoms with Crippen LogP contribution in [0.2, 0.25) is 5.02 Å². The molecule has 1 atom stereocenters. The maximum absolute atomic E-state index is 12.1. The van der Waals surface area contributed by atoms with Gasteiger partial charge in [-0.15, -0.1) is 0 Å². The number of carbonyl (C=O) groups is 2. The summed E-state index contributed by atoms with van der Waals surface area (Å²) < 4.78 is 0. The van der Waals surface area contributed by atoms with Gasteiger partial charge in [-0.1, -0.05) is 30.7 Å². The van der Waals surface area contributed by atoms with Crippen molar-refractivity contribution in [2.45, 2.75) is 13.3 Å². The summed E-state index contributed by atoms with van der Waals surface area (Å²) in [5, 5.41) is 3.44. The Morgan fingerprint density at radius 1 is 1.17 bits per heavy atom. The molecule has 126 valence electrons. The van der Waals surface area contributed by atoms with Crippen molar-refractivity contribution in [3.8, 4) is 0 Å². The van der Waals surface area contributed by atoms with Crippen molar-refractivity contribution in [1.82, 2.24) is 15.1 Å². The molecule has 2 amide bonds. The SMILES string of the molecule is CC(Cc1ccc(Cl)cc1)C(=O)NCC(=O)N1CCN(C)CC1. The Morgan fingerprint density at radius 3 is 2.39 bits per heavy atom. The molecule has 1 saturated heterocycles. The van der Waals surface area contributed by atoms with Gasteiger partial charge in [0.25, 0.3) is 0 Å². The van der Waals surface area contributed by atoms with Crippen molar-refractivity contribution in [1.29, 1.82) is 0 Å². The molecule has 1 heterocycles. The Hall–Kier alpha value is -1.59. The van der Waals surface area contributed by atoms with Crippen LogP contribution in [0, 0.1) is 5.92 Å². The van der Waals surface area contributed by atoms with E-state index in [1.54, 1.807) is 0 Å². The molecule has 0 spiro atoms. The van der Waals surface area contributed by atoms with E-state index in [9.17, 15) is 9.59 Å². The molecule has 0 radical (unpaired) electrons. The summed E-state index contributed by atoms with van der Waals surface area (Å²) in [4.78, 5) is 28.2. The van der Waals surface area contributed by atoms with Gasteiger partial charge in [-0.25, -0.2) is 0 Å². The van der Waals surface area contributed by atoms with Crippen molar-refractivity contribution < 1.29 is 9.59 Å². The lowest BCUT2D eigenvalue weighted by molar-refractivity contribution is -0.134. The largest absolute Gasteiger partial charge is 0.347 e. The van der Waals surface area contributed by atoms with Crippen molar-refractivity contribution in [2.75, 3.05) is 39.8 Å². The number of benzene rings is 1. The lowest BCUT2D eigenvalue weighted by Gasteiger charge is -2.32. The first kappa shape index (κ1) is 17.8. The summed E-state index contributed by atoms with van der Waals surface area (Å²) >= 11 is 5.85. The molecular weight excluding hydrogens is 314 g/mol. The fraction of sp³-hybridized carbons (Fsp3) is 0.529. The first-order valence-corrected chi connectivity index (χ1v) is 8.32. The lowest BCUT2D eigenvalue weighted by Crippen LogP contribution is -2.50. The second-order valence-electron chi connectivity index (χ2n) is 6.13. The average Bonchev–Trinajstić information content (AvgIpc) is 2.55. The molecule has 1 fully saturated rings. The number of likely N-dealkylation sites (N-methyl/N-ethyl adjacent to an activating group) is 1. The Bertz CT molecular complexity index is 539. The number of piperazine rings is 1. The zero-order valence-corrected chi connectivity index (χ0v) is 14.5. The van der Waals surface area contributed by atoms with Gasteiger partial charge < -0.3 is 15.1 Å². The third-order valence-corrected chi connectivity index (χ3v) is 4.42. The topological polar surface area (TPSA) is 52.7 Å². The van der Waals surface area contributed by atoms with Gasteiger partial charge in [-0.2, -0.15) is 0 Å². The predicted octanol–water partition coefficient (Wildman–Crippen LogP) is 1.41. The standard InChI is InChI=1S/C17H24ClN3O2/c1-13(11-14-3-5-15(18)6-4-14)17(23)19-12-16(22)21-9-7-20(2)8-10-21/h3-6,13H,7-12H2,1-2H3,(H,19,23). The van der Waals surface area contributed by atoms with Crippen LogP contribution < -0.4 is 5.32 Å². The highest BCUT2D eigenvalue weighted by Crippen LogP contribution is 2.13. The quantitative estimate of drug-likeness (QED) is 0.884. The number of amides is 2. The summed E-state index contributed by atoms with van der Waals surface area (Å²) in [5.74, 6) is -0.288. The first-order chi connectivity index (χ1) is 11.0. The minimum absolute atomic E-state index is 0.00913. The third-order valence-electron chi connectivity index (χ3n) is 4.17. The van der Waals surface area contributed by atoms with E-state index in [0.29, 0.717) is 11.4 Å². The van der Waals surface area contributed by atoms with Crippen molar-refractivity contribution in [2.24, 2.45) is 5.92 Å². The van der Waals surface area contributed by atoms with Crippen LogP contribution in [0.3, 0.4) is 0 Å². The summed E-state index contributed by atoms with van der Waals surface area (Å²) in [7, 11) is 2.04. The van der Waals surface area contributed by atoms with Crippen LogP contribution in [-0.4, -0.2) is 61.4 Å². The molecule has 2 rings (SSSR count). The van der Waals surface area contributed by atoms with E-state index in [0.717, 1.165) is 31.7 Å². The highest BCUT2D eigenvalue weighted by atomic mass is 35.5. The molecule has 1 aromatic carbocycles. The van der Waals surface area contributed by atoms with Gasteiger partial charge in [0.2, 0.25) is 11.8 Å². The Balaban J connectivity index is 1.75. The second-order valence-corrected chi connectivity index (χ2v) is 6.57. The van der Waals surface area contributed by atoms with Crippen molar-refractivity contribution in [3.05, 3.63) is 34.9 Å². The summed E-state index contributed by atoms with van der Waals surface area (Å²) in [6, 6.07) is 7.47. The van der Waals surface area contributed by atoms with Crippen LogP contribution in [0.15, 0.2) is 24.3 Å². The molecule has 1 N–H and O–H groups in total. The normalized spacial score (nSPS) is 16.9. The van der Waals surface area contributed by atoms with Crippen LogP contribution in [0.4, 0.5) is 0 Å². The predicted molar refractivity (Wildman–Crippen MR) is 91.4 cm³/mol. The van der Waals surface area contributed by atoms with Gasteiger partial charge in [-0.05, 0) is 31.2 Å². The van der Waals surface area contributed by atoms with Gasteiger partial charge >= 0.3 is 0 Å². The van der Waals surface area contributed by atoms with E-state index in [2.05, 4.69) is 10.2 Å². The number of hydrogen-bond donors (Lipinski definition) is 1. The number of nitrogens with one attached hydrogen (secondary N) is 1. The van der Waals surface area contributed by atoms with Gasteiger partial charge in [-0.3, -0.25) is 9.59 Å². The molecule has 1 aromatic rings. The van der Waals surface area contributed by atoms with Crippen LogP contribution >= 0.6 is 11.6 Å². The van der Waals surface area contributed by atoms with E-state index in [1.165, 1.54) is 0 Å². The van der Waals surface area contributed by atoms with E-state index < -0.39 is 0 Å². The lowest BCUT2D eigenvalue weighted by atomic mass is 10.0. The smallest absolute Gasteiger partial charge is 0.242 e. The van der Waals surface area contributed by atoms with Gasteiger partial charge in [0.05, 0.1) is 6.54 Å². The van der Waals surface area contributed by atoms with E-state index in [4.69, 9.17) is 11.6 Å². The first-order valence-electron chi connectivity index (χ1n) is 7.94. The fourth-order valence-corrected chi connectivity index (χ4v) is 2.70. The van der Waals surface area contributed by atoms with Gasteiger partial charge in [0, 0.05) is 37.1 Å². The number of nitrogens with zero attached hydrogens (tertiary/aromatic N) is 2. The minimum atomic E-state index is -0.184. The molecule has 0 aliphatic carbocycles. The number of halogens is 1. The van der Waals surface area contributed by atoms with Crippen LogP contribution in [0.25, 0.3) is 0 Å². The maximum Gasteiger partial charge on any atom is 0.242 e. The molecule has 1 unspecified atom stereocenters.